The van der Waals surface area contributed by atoms with Gasteiger partial charge in [-0.25, -0.2) is 9.78 Å². The summed E-state index contributed by atoms with van der Waals surface area (Å²) in [4.78, 5) is 39.0. The SMILES string of the molecule is CC(=O)OC1CCC(n2cc(C(=O)O)c(=O)c3cccnc32)CC1. The van der Waals surface area contributed by atoms with E-state index in [1.807, 2.05) is 0 Å². The molecule has 2 heterocycles. The number of fused-ring (bicyclic) bond motifs is 1. The number of hydrogen-bond acceptors (Lipinski definition) is 5. The number of hydrogen-bond donors (Lipinski definition) is 1. The molecule has 0 atom stereocenters. The summed E-state index contributed by atoms with van der Waals surface area (Å²) in [6, 6.07) is 3.24. The zero-order valence-corrected chi connectivity index (χ0v) is 13.3. The Morgan fingerprint density at radius 3 is 2.62 bits per heavy atom. The zero-order chi connectivity index (χ0) is 17.3. The van der Waals surface area contributed by atoms with Crippen LogP contribution in [0.25, 0.3) is 11.0 Å². The topological polar surface area (TPSA) is 98.5 Å². The maximum atomic E-state index is 12.3. The number of ether oxygens (including phenoxy) is 1. The van der Waals surface area contributed by atoms with Gasteiger partial charge in [0, 0.05) is 25.4 Å². The van der Waals surface area contributed by atoms with Crippen LogP contribution in [0.15, 0.2) is 29.3 Å². The van der Waals surface area contributed by atoms with Crippen molar-refractivity contribution in [2.45, 2.75) is 44.8 Å². The van der Waals surface area contributed by atoms with Gasteiger partial charge in [0.25, 0.3) is 0 Å². The molecular formula is C17H18N2O5. The molecule has 24 heavy (non-hydrogen) atoms. The van der Waals surface area contributed by atoms with Gasteiger partial charge in [0.05, 0.1) is 5.39 Å². The van der Waals surface area contributed by atoms with Crippen molar-refractivity contribution in [1.82, 2.24) is 9.55 Å². The fourth-order valence-corrected chi connectivity index (χ4v) is 3.29. The van der Waals surface area contributed by atoms with Crippen LogP contribution in [0.2, 0.25) is 0 Å². The van der Waals surface area contributed by atoms with Crippen molar-refractivity contribution in [3.05, 3.63) is 40.3 Å². The molecule has 0 saturated heterocycles. The summed E-state index contributed by atoms with van der Waals surface area (Å²) in [6.07, 6.45) is 5.73. The maximum absolute atomic E-state index is 12.3. The average Bonchev–Trinajstić information content (AvgIpc) is 2.55. The van der Waals surface area contributed by atoms with Gasteiger partial charge in [0.2, 0.25) is 5.43 Å². The van der Waals surface area contributed by atoms with E-state index < -0.39 is 11.4 Å². The molecule has 1 saturated carbocycles. The van der Waals surface area contributed by atoms with E-state index in [0.29, 0.717) is 23.9 Å². The number of esters is 1. The van der Waals surface area contributed by atoms with Crippen LogP contribution in [0, 0.1) is 0 Å². The predicted molar refractivity (Wildman–Crippen MR) is 86.0 cm³/mol. The van der Waals surface area contributed by atoms with Gasteiger partial charge in [-0.15, -0.1) is 0 Å². The van der Waals surface area contributed by atoms with Gasteiger partial charge < -0.3 is 14.4 Å². The van der Waals surface area contributed by atoms with E-state index in [1.54, 1.807) is 22.9 Å². The van der Waals surface area contributed by atoms with Crippen molar-refractivity contribution >= 4 is 23.0 Å². The molecule has 0 unspecified atom stereocenters. The maximum Gasteiger partial charge on any atom is 0.341 e. The molecule has 2 aromatic heterocycles. The number of carboxylic acids is 1. The summed E-state index contributed by atoms with van der Waals surface area (Å²) in [7, 11) is 0. The molecule has 7 heteroatoms. The van der Waals surface area contributed by atoms with Gasteiger partial charge in [0.15, 0.2) is 0 Å². The Labute approximate surface area is 137 Å². The normalized spacial score (nSPS) is 20.7. The molecule has 0 amide bonds. The minimum Gasteiger partial charge on any atom is -0.477 e. The lowest BCUT2D eigenvalue weighted by Crippen LogP contribution is -2.27. The first-order valence-electron chi connectivity index (χ1n) is 7.87. The largest absolute Gasteiger partial charge is 0.477 e. The van der Waals surface area contributed by atoms with Crippen LogP contribution in [-0.4, -0.2) is 32.7 Å². The molecule has 0 spiro atoms. The second kappa shape index (κ2) is 6.43. The Morgan fingerprint density at radius 1 is 1.29 bits per heavy atom. The highest BCUT2D eigenvalue weighted by atomic mass is 16.5. The van der Waals surface area contributed by atoms with E-state index in [9.17, 15) is 19.5 Å². The number of pyridine rings is 2. The lowest BCUT2D eigenvalue weighted by molar-refractivity contribution is -0.148. The first-order valence-corrected chi connectivity index (χ1v) is 7.87. The molecule has 126 valence electrons. The number of carbonyl (C=O) groups excluding carboxylic acids is 1. The van der Waals surface area contributed by atoms with Crippen LogP contribution < -0.4 is 5.43 Å². The van der Waals surface area contributed by atoms with Gasteiger partial charge >= 0.3 is 11.9 Å². The van der Waals surface area contributed by atoms with Crippen LogP contribution in [0.3, 0.4) is 0 Å². The monoisotopic (exact) mass is 330 g/mol. The average molecular weight is 330 g/mol. The third-order valence-corrected chi connectivity index (χ3v) is 4.39. The first kappa shape index (κ1) is 16.2. The van der Waals surface area contributed by atoms with Crippen LogP contribution in [0.4, 0.5) is 0 Å². The quantitative estimate of drug-likeness (QED) is 0.866. The van der Waals surface area contributed by atoms with E-state index >= 15 is 0 Å². The van der Waals surface area contributed by atoms with Crippen LogP contribution in [-0.2, 0) is 9.53 Å². The molecule has 0 bridgehead atoms. The summed E-state index contributed by atoms with van der Waals surface area (Å²) in [5, 5.41) is 9.60. The minimum absolute atomic E-state index is 0.0212. The number of carboxylic acid groups (broad SMARTS) is 1. The van der Waals surface area contributed by atoms with Crippen molar-refractivity contribution in [3.8, 4) is 0 Å². The summed E-state index contributed by atoms with van der Waals surface area (Å²) >= 11 is 0. The van der Waals surface area contributed by atoms with Crippen LogP contribution >= 0.6 is 0 Å². The number of aromatic carboxylic acids is 1. The molecule has 0 aromatic carbocycles. The van der Waals surface area contributed by atoms with E-state index in [4.69, 9.17) is 4.74 Å². The molecule has 1 aliphatic rings. The zero-order valence-electron chi connectivity index (χ0n) is 13.3. The van der Waals surface area contributed by atoms with Crippen molar-refractivity contribution in [2.24, 2.45) is 0 Å². The highest BCUT2D eigenvalue weighted by Gasteiger charge is 2.26. The third kappa shape index (κ3) is 3.02. The molecule has 3 rings (SSSR count). The Hall–Kier alpha value is -2.70. The highest BCUT2D eigenvalue weighted by molar-refractivity contribution is 5.91. The van der Waals surface area contributed by atoms with Crippen LogP contribution in [0.1, 0.15) is 49.0 Å². The lowest BCUT2D eigenvalue weighted by atomic mass is 9.92. The van der Waals surface area contributed by atoms with Crippen molar-refractivity contribution < 1.29 is 19.4 Å². The molecule has 2 aromatic rings. The Bertz CT molecular complexity index is 850. The minimum atomic E-state index is -1.24. The van der Waals surface area contributed by atoms with Gasteiger partial charge in [-0.1, -0.05) is 0 Å². The molecule has 1 aliphatic carbocycles. The number of carbonyl (C=O) groups is 2. The predicted octanol–water partition coefficient (Wildman–Crippen LogP) is 2.14. The van der Waals surface area contributed by atoms with Crippen molar-refractivity contribution in [2.75, 3.05) is 0 Å². The number of nitrogens with zero attached hydrogens (tertiary/aromatic N) is 2. The van der Waals surface area contributed by atoms with E-state index in [0.717, 1.165) is 12.8 Å². The Morgan fingerprint density at radius 2 is 2.00 bits per heavy atom. The molecule has 0 radical (unpaired) electrons. The Kier molecular flexibility index (Phi) is 4.33. The Balaban J connectivity index is 1.98. The standard InChI is InChI=1S/C17H18N2O5/c1-10(20)24-12-6-4-11(5-7-12)19-9-14(17(22)23)15(21)13-3-2-8-18-16(13)19/h2-3,8-9,11-12H,4-7H2,1H3,(H,22,23). The fraction of sp³-hybridized carbons (Fsp3) is 0.412. The fourth-order valence-electron chi connectivity index (χ4n) is 3.29. The second-order valence-corrected chi connectivity index (χ2v) is 6.00. The van der Waals surface area contributed by atoms with Crippen molar-refractivity contribution in [3.63, 3.8) is 0 Å². The van der Waals surface area contributed by atoms with Gasteiger partial charge in [-0.3, -0.25) is 9.59 Å². The summed E-state index contributed by atoms with van der Waals surface area (Å²) in [5.41, 5.74) is -0.281. The molecule has 0 aliphatic heterocycles. The smallest absolute Gasteiger partial charge is 0.341 e. The van der Waals surface area contributed by atoms with Gasteiger partial charge in [-0.2, -0.15) is 0 Å². The van der Waals surface area contributed by atoms with E-state index in [2.05, 4.69) is 4.98 Å². The molecule has 7 nitrogen and oxygen atoms in total. The first-order chi connectivity index (χ1) is 11.5. The number of aromatic nitrogens is 2. The van der Waals surface area contributed by atoms with Crippen molar-refractivity contribution in [1.29, 1.82) is 0 Å². The van der Waals surface area contributed by atoms with Crippen LogP contribution in [0.5, 0.6) is 0 Å². The number of rotatable bonds is 3. The summed E-state index contributed by atoms with van der Waals surface area (Å²) in [5.74, 6) is -1.53. The summed E-state index contributed by atoms with van der Waals surface area (Å²) in [6.45, 7) is 1.39. The molecular weight excluding hydrogens is 312 g/mol. The summed E-state index contributed by atoms with van der Waals surface area (Å²) < 4.78 is 7.02. The van der Waals surface area contributed by atoms with E-state index in [1.165, 1.54) is 13.1 Å². The second-order valence-electron chi connectivity index (χ2n) is 6.00. The molecule has 1 fully saturated rings. The molecule has 1 N–H and O–H groups in total. The van der Waals surface area contributed by atoms with E-state index in [-0.39, 0.29) is 23.7 Å². The lowest BCUT2D eigenvalue weighted by Gasteiger charge is -2.30. The third-order valence-electron chi connectivity index (χ3n) is 4.39. The van der Waals surface area contributed by atoms with Gasteiger partial charge in [0.1, 0.15) is 17.3 Å². The highest BCUT2D eigenvalue weighted by Crippen LogP contribution is 2.31. The van der Waals surface area contributed by atoms with Gasteiger partial charge in [-0.05, 0) is 37.8 Å².